The lowest BCUT2D eigenvalue weighted by molar-refractivity contribution is -0.122. The minimum absolute atomic E-state index is 0. The van der Waals surface area contributed by atoms with Crippen LogP contribution in [0.15, 0.2) is 53.5 Å². The van der Waals surface area contributed by atoms with Crippen LogP contribution in [0.2, 0.25) is 0 Å². The molecule has 0 aliphatic heterocycles. The molecule has 0 atom stereocenters. The van der Waals surface area contributed by atoms with Crippen LogP contribution in [0.5, 0.6) is 5.75 Å². The smallest absolute Gasteiger partial charge is 0.227 e. The van der Waals surface area contributed by atoms with Gasteiger partial charge in [0.1, 0.15) is 5.75 Å². The highest BCUT2D eigenvalue weighted by Gasteiger charge is 2.25. The fraction of sp³-hybridized carbons (Fsp3) is 0.300. The maximum Gasteiger partial charge on any atom is 0.227 e. The van der Waals surface area contributed by atoms with Crippen LogP contribution in [-0.2, 0) is 11.3 Å². The van der Waals surface area contributed by atoms with Gasteiger partial charge in [0.25, 0.3) is 0 Å². The van der Waals surface area contributed by atoms with Crippen molar-refractivity contribution in [3.8, 4) is 5.75 Å². The Hall–Kier alpha value is -2.29. The number of hydrogen-bond donors (Lipinski definition) is 3. The molecule has 1 saturated carbocycles. The normalized spacial score (nSPS) is 13.9. The first-order valence-corrected chi connectivity index (χ1v) is 8.75. The maximum absolute atomic E-state index is 12.0. The summed E-state index contributed by atoms with van der Waals surface area (Å²) in [4.78, 5) is 16.4. The zero-order chi connectivity index (χ0) is 18.4. The van der Waals surface area contributed by atoms with Crippen LogP contribution >= 0.6 is 24.0 Å². The van der Waals surface area contributed by atoms with E-state index >= 15 is 0 Å². The number of benzene rings is 2. The quantitative estimate of drug-likeness (QED) is 0.332. The summed E-state index contributed by atoms with van der Waals surface area (Å²) in [5, 5.41) is 6.02. The highest BCUT2D eigenvalue weighted by atomic mass is 127. The van der Waals surface area contributed by atoms with E-state index in [1.807, 2.05) is 48.5 Å². The van der Waals surface area contributed by atoms with E-state index in [9.17, 15) is 4.79 Å². The zero-order valence-electron chi connectivity index (χ0n) is 15.3. The minimum Gasteiger partial charge on any atom is -0.497 e. The van der Waals surface area contributed by atoms with Gasteiger partial charge in [0.15, 0.2) is 5.96 Å². The number of methoxy groups -OCH3 is 1. The fourth-order valence-electron chi connectivity index (χ4n) is 2.70. The predicted molar refractivity (Wildman–Crippen MR) is 120 cm³/mol. The Morgan fingerprint density at radius 3 is 2.52 bits per heavy atom. The number of amides is 1. The molecule has 2 aromatic rings. The number of halogens is 1. The Bertz CT molecular complexity index is 789. The van der Waals surface area contributed by atoms with E-state index < -0.39 is 0 Å². The van der Waals surface area contributed by atoms with Crippen LogP contribution in [0, 0.1) is 5.92 Å². The van der Waals surface area contributed by atoms with Crippen molar-refractivity contribution >= 4 is 47.2 Å². The van der Waals surface area contributed by atoms with Gasteiger partial charge >= 0.3 is 0 Å². The van der Waals surface area contributed by atoms with Crippen LogP contribution in [0.4, 0.5) is 11.4 Å². The summed E-state index contributed by atoms with van der Waals surface area (Å²) in [6.07, 6.45) is 3.13. The van der Waals surface area contributed by atoms with E-state index in [1.165, 1.54) is 0 Å². The van der Waals surface area contributed by atoms with E-state index in [0.29, 0.717) is 12.5 Å². The van der Waals surface area contributed by atoms with Crippen molar-refractivity contribution in [3.63, 3.8) is 0 Å². The van der Waals surface area contributed by atoms with Crippen molar-refractivity contribution in [1.82, 2.24) is 0 Å². The number of rotatable bonds is 6. The van der Waals surface area contributed by atoms with E-state index in [1.54, 1.807) is 7.11 Å². The first-order chi connectivity index (χ1) is 12.6. The van der Waals surface area contributed by atoms with Crippen LogP contribution in [-0.4, -0.2) is 19.0 Å². The molecule has 6 nitrogen and oxygen atoms in total. The molecule has 0 saturated heterocycles. The molecule has 1 aliphatic rings. The molecule has 0 heterocycles. The third-order valence-corrected chi connectivity index (χ3v) is 4.46. The summed E-state index contributed by atoms with van der Waals surface area (Å²) >= 11 is 0. The van der Waals surface area contributed by atoms with E-state index in [-0.39, 0.29) is 35.8 Å². The van der Waals surface area contributed by atoms with Gasteiger partial charge < -0.3 is 21.1 Å². The number of anilines is 2. The van der Waals surface area contributed by atoms with E-state index in [0.717, 1.165) is 42.0 Å². The number of hydrogen-bond acceptors (Lipinski definition) is 3. The van der Waals surface area contributed by atoms with Gasteiger partial charge in [0.05, 0.1) is 13.7 Å². The topological polar surface area (TPSA) is 88.7 Å². The minimum atomic E-state index is 0. The molecule has 0 spiro atoms. The lowest BCUT2D eigenvalue weighted by Gasteiger charge is -2.24. The summed E-state index contributed by atoms with van der Waals surface area (Å²) < 4.78 is 5.12. The van der Waals surface area contributed by atoms with Gasteiger partial charge in [-0.2, -0.15) is 0 Å². The number of carbonyl (C=O) groups excluding carboxylic acids is 1. The second-order valence-electron chi connectivity index (χ2n) is 6.37. The average Bonchev–Trinajstić information content (AvgIpc) is 2.59. The van der Waals surface area contributed by atoms with Gasteiger partial charge in [0, 0.05) is 17.3 Å². The Labute approximate surface area is 176 Å². The summed E-state index contributed by atoms with van der Waals surface area (Å²) in [7, 11) is 1.63. The molecule has 1 fully saturated rings. The summed E-state index contributed by atoms with van der Waals surface area (Å²) in [5.41, 5.74) is 8.57. The lowest BCUT2D eigenvalue weighted by Crippen LogP contribution is -2.28. The first kappa shape index (κ1) is 21.0. The SMILES string of the molecule is COc1ccc(NC(N)=NCc2cccc(NC(=O)C3CCC3)c2)cc1.I. The third-order valence-electron chi connectivity index (χ3n) is 4.46. The number of carbonyl (C=O) groups is 1. The molecule has 3 rings (SSSR count). The fourth-order valence-corrected chi connectivity index (χ4v) is 2.70. The molecule has 0 bridgehead atoms. The number of nitrogens with zero attached hydrogens (tertiary/aromatic N) is 1. The molecule has 27 heavy (non-hydrogen) atoms. The number of aliphatic imine (C=N–C) groups is 1. The standard InChI is InChI=1S/C20H24N4O2.HI/c1-26-18-10-8-16(9-11-18)24-20(21)22-13-14-4-2-7-17(12-14)23-19(25)15-5-3-6-15;/h2,4,7-12,15H,3,5-6,13H2,1H3,(H,23,25)(H3,21,22,24);1H. The van der Waals surface area contributed by atoms with E-state index in [2.05, 4.69) is 15.6 Å². The Kier molecular flexibility index (Phi) is 7.90. The summed E-state index contributed by atoms with van der Waals surface area (Å²) in [5.74, 6) is 1.39. The van der Waals surface area contributed by atoms with Gasteiger partial charge in [-0.3, -0.25) is 4.79 Å². The maximum atomic E-state index is 12.0. The van der Waals surface area contributed by atoms with Gasteiger partial charge in [-0.1, -0.05) is 18.6 Å². The van der Waals surface area contributed by atoms with Crippen LogP contribution in [0.25, 0.3) is 0 Å². The first-order valence-electron chi connectivity index (χ1n) is 8.75. The molecule has 2 aromatic carbocycles. The molecule has 4 N–H and O–H groups in total. The average molecular weight is 480 g/mol. The van der Waals surface area contributed by atoms with Gasteiger partial charge in [-0.15, -0.1) is 24.0 Å². The van der Waals surface area contributed by atoms with Crippen molar-refractivity contribution in [2.75, 3.05) is 17.7 Å². The Balaban J connectivity index is 0.00000261. The number of nitrogens with two attached hydrogens (primary N) is 1. The van der Waals surface area contributed by atoms with Crippen LogP contribution < -0.4 is 21.1 Å². The van der Waals surface area contributed by atoms with Crippen molar-refractivity contribution in [2.24, 2.45) is 16.6 Å². The van der Waals surface area contributed by atoms with Gasteiger partial charge in [-0.25, -0.2) is 4.99 Å². The summed E-state index contributed by atoms with van der Waals surface area (Å²) in [6.45, 7) is 0.433. The summed E-state index contributed by atoms with van der Waals surface area (Å²) in [6, 6.07) is 15.1. The number of guanidine groups is 1. The van der Waals surface area contributed by atoms with Crippen LogP contribution in [0.1, 0.15) is 24.8 Å². The van der Waals surface area contributed by atoms with Gasteiger partial charge in [0.2, 0.25) is 5.91 Å². The van der Waals surface area contributed by atoms with Crippen molar-refractivity contribution < 1.29 is 9.53 Å². The molecular weight excluding hydrogens is 455 g/mol. The number of ether oxygens (including phenoxy) is 1. The van der Waals surface area contributed by atoms with Crippen molar-refractivity contribution in [1.29, 1.82) is 0 Å². The number of nitrogens with one attached hydrogen (secondary N) is 2. The van der Waals surface area contributed by atoms with Gasteiger partial charge in [-0.05, 0) is 54.8 Å². The van der Waals surface area contributed by atoms with Crippen molar-refractivity contribution in [2.45, 2.75) is 25.8 Å². The molecule has 1 aliphatic carbocycles. The molecule has 144 valence electrons. The van der Waals surface area contributed by atoms with E-state index in [4.69, 9.17) is 10.5 Å². The zero-order valence-corrected chi connectivity index (χ0v) is 17.6. The molecule has 1 amide bonds. The second-order valence-corrected chi connectivity index (χ2v) is 6.37. The molecule has 0 unspecified atom stereocenters. The molecular formula is C20H25IN4O2. The highest BCUT2D eigenvalue weighted by Crippen LogP contribution is 2.27. The highest BCUT2D eigenvalue weighted by molar-refractivity contribution is 14.0. The largest absolute Gasteiger partial charge is 0.497 e. The predicted octanol–water partition coefficient (Wildman–Crippen LogP) is 3.98. The molecule has 7 heteroatoms. The second kappa shape index (κ2) is 10.1. The van der Waals surface area contributed by atoms with Crippen LogP contribution in [0.3, 0.4) is 0 Å². The molecule has 0 aromatic heterocycles. The molecule has 0 radical (unpaired) electrons. The monoisotopic (exact) mass is 480 g/mol. The lowest BCUT2D eigenvalue weighted by atomic mass is 9.85. The third kappa shape index (κ3) is 6.13. The Morgan fingerprint density at radius 1 is 1.15 bits per heavy atom. The van der Waals surface area contributed by atoms with Crippen molar-refractivity contribution in [3.05, 3.63) is 54.1 Å². The Morgan fingerprint density at radius 2 is 1.89 bits per heavy atom.